The van der Waals surface area contributed by atoms with Crippen LogP contribution >= 0.6 is 0 Å². The van der Waals surface area contributed by atoms with Crippen molar-refractivity contribution in [1.82, 2.24) is 0 Å². The van der Waals surface area contributed by atoms with Gasteiger partial charge in [-0.1, -0.05) is 18.2 Å². The van der Waals surface area contributed by atoms with Crippen molar-refractivity contribution in [2.45, 2.75) is 38.7 Å². The summed E-state index contributed by atoms with van der Waals surface area (Å²) in [6.07, 6.45) is 4.80. The van der Waals surface area contributed by atoms with Crippen LogP contribution in [0, 0.1) is 0 Å². The Balaban J connectivity index is 1.70. The maximum atomic E-state index is 12.6. The molecule has 6 nitrogen and oxygen atoms in total. The van der Waals surface area contributed by atoms with E-state index in [1.54, 1.807) is 31.2 Å². The predicted molar refractivity (Wildman–Crippen MR) is 111 cm³/mol. The molecule has 0 bridgehead atoms. The lowest BCUT2D eigenvalue weighted by molar-refractivity contribution is -0.122. The summed E-state index contributed by atoms with van der Waals surface area (Å²) in [4.78, 5) is 12.6. The number of nitrogens with zero attached hydrogens (tertiary/aromatic N) is 1. The molecule has 0 radical (unpaired) electrons. The van der Waals surface area contributed by atoms with Crippen LogP contribution in [0.15, 0.2) is 42.5 Å². The van der Waals surface area contributed by atoms with E-state index in [-0.39, 0.29) is 5.91 Å². The number of rotatable bonds is 6. The van der Waals surface area contributed by atoms with Crippen molar-refractivity contribution in [2.24, 2.45) is 0 Å². The van der Waals surface area contributed by atoms with Crippen molar-refractivity contribution in [1.29, 1.82) is 0 Å². The molecule has 1 N–H and O–H groups in total. The van der Waals surface area contributed by atoms with E-state index in [0.29, 0.717) is 11.4 Å². The van der Waals surface area contributed by atoms with Crippen molar-refractivity contribution in [3.63, 3.8) is 0 Å². The molecule has 2 aromatic carbocycles. The standard InChI is InChI=1S/C21H26N2O4S/c1-15(27-20-13-6-9-16-8-4-5-12-19(16)20)21(24)22-17-10-7-11-18(14-17)23(2)28(3,25)26/h6-7,9-11,13-15H,4-5,8,12H2,1-3H3,(H,22,24)/t15-/m0/s1. The SMILES string of the molecule is C[C@H](Oc1cccc2c1CCCC2)C(=O)Nc1cccc(N(C)S(C)(=O)=O)c1. The highest BCUT2D eigenvalue weighted by molar-refractivity contribution is 7.92. The lowest BCUT2D eigenvalue weighted by Crippen LogP contribution is -2.31. The van der Waals surface area contributed by atoms with Crippen LogP contribution in [-0.2, 0) is 27.7 Å². The molecule has 28 heavy (non-hydrogen) atoms. The number of anilines is 2. The zero-order chi connectivity index (χ0) is 20.3. The lowest BCUT2D eigenvalue weighted by Gasteiger charge is -2.22. The van der Waals surface area contributed by atoms with Gasteiger partial charge in [-0.3, -0.25) is 9.10 Å². The fraction of sp³-hybridized carbons (Fsp3) is 0.381. The molecule has 0 aliphatic heterocycles. The van der Waals surface area contributed by atoms with E-state index >= 15 is 0 Å². The number of carbonyl (C=O) groups excluding carboxylic acids is 1. The second kappa shape index (κ2) is 8.22. The van der Waals surface area contributed by atoms with Crippen molar-refractivity contribution < 1.29 is 17.9 Å². The highest BCUT2D eigenvalue weighted by atomic mass is 32.2. The summed E-state index contributed by atoms with van der Waals surface area (Å²) in [6, 6.07) is 12.7. The molecular formula is C21H26N2O4S. The fourth-order valence-corrected chi connectivity index (χ4v) is 3.81. The van der Waals surface area contributed by atoms with Crippen molar-refractivity contribution in [3.05, 3.63) is 53.6 Å². The first kappa shape index (κ1) is 20.2. The average molecular weight is 403 g/mol. The molecule has 0 unspecified atom stereocenters. The molecule has 0 spiro atoms. The third kappa shape index (κ3) is 4.65. The Labute approximate surface area is 166 Å². The van der Waals surface area contributed by atoms with Crippen LogP contribution in [-0.4, -0.2) is 33.7 Å². The minimum Gasteiger partial charge on any atom is -0.481 e. The summed E-state index contributed by atoms with van der Waals surface area (Å²) in [7, 11) is -1.90. The van der Waals surface area contributed by atoms with Crippen LogP contribution in [0.5, 0.6) is 5.75 Å². The first-order valence-electron chi connectivity index (χ1n) is 9.38. The number of fused-ring (bicyclic) bond motifs is 1. The number of aryl methyl sites for hydroxylation is 1. The van der Waals surface area contributed by atoms with Crippen molar-refractivity contribution >= 4 is 27.3 Å². The fourth-order valence-electron chi connectivity index (χ4n) is 3.32. The van der Waals surface area contributed by atoms with Crippen LogP contribution in [0.1, 0.15) is 30.9 Å². The second-order valence-corrected chi connectivity index (χ2v) is 9.14. The largest absolute Gasteiger partial charge is 0.481 e. The minimum absolute atomic E-state index is 0.285. The molecule has 3 rings (SSSR count). The quantitative estimate of drug-likeness (QED) is 0.804. The van der Waals surface area contributed by atoms with Gasteiger partial charge in [-0.15, -0.1) is 0 Å². The van der Waals surface area contributed by atoms with E-state index in [2.05, 4.69) is 11.4 Å². The summed E-state index contributed by atoms with van der Waals surface area (Å²) >= 11 is 0. The highest BCUT2D eigenvalue weighted by Crippen LogP contribution is 2.30. The number of carbonyl (C=O) groups is 1. The molecule has 1 atom stereocenters. The van der Waals surface area contributed by atoms with E-state index in [1.165, 1.54) is 28.9 Å². The zero-order valence-electron chi connectivity index (χ0n) is 16.4. The Bertz CT molecular complexity index is 972. The number of hydrogen-bond donors (Lipinski definition) is 1. The molecular weight excluding hydrogens is 376 g/mol. The minimum atomic E-state index is -3.37. The van der Waals surface area contributed by atoms with E-state index < -0.39 is 16.1 Å². The Morgan fingerprint density at radius 1 is 1.14 bits per heavy atom. The topological polar surface area (TPSA) is 75.7 Å². The number of hydrogen-bond acceptors (Lipinski definition) is 4. The van der Waals surface area contributed by atoms with E-state index in [0.717, 1.165) is 31.3 Å². The Morgan fingerprint density at radius 2 is 1.86 bits per heavy atom. The Morgan fingerprint density at radius 3 is 2.61 bits per heavy atom. The molecule has 0 saturated heterocycles. The van der Waals surface area contributed by atoms with Gasteiger partial charge in [0.25, 0.3) is 5.91 Å². The number of sulfonamides is 1. The van der Waals surface area contributed by atoms with Gasteiger partial charge in [0.2, 0.25) is 10.0 Å². The van der Waals surface area contributed by atoms with Crippen LogP contribution in [0.2, 0.25) is 0 Å². The first-order valence-corrected chi connectivity index (χ1v) is 11.2. The van der Waals surface area contributed by atoms with Gasteiger partial charge in [-0.25, -0.2) is 8.42 Å². The number of benzene rings is 2. The van der Waals surface area contributed by atoms with Gasteiger partial charge in [0.05, 0.1) is 11.9 Å². The van der Waals surface area contributed by atoms with Gasteiger partial charge in [0.1, 0.15) is 5.75 Å². The molecule has 1 aliphatic carbocycles. The third-order valence-corrected chi connectivity index (χ3v) is 6.21. The summed E-state index contributed by atoms with van der Waals surface area (Å²) < 4.78 is 30.6. The van der Waals surface area contributed by atoms with Gasteiger partial charge >= 0.3 is 0 Å². The van der Waals surface area contributed by atoms with Gasteiger partial charge in [0.15, 0.2) is 6.10 Å². The maximum absolute atomic E-state index is 12.6. The lowest BCUT2D eigenvalue weighted by atomic mass is 9.91. The average Bonchev–Trinajstić information content (AvgIpc) is 2.67. The third-order valence-electron chi connectivity index (χ3n) is 5.00. The smallest absolute Gasteiger partial charge is 0.265 e. The molecule has 1 amide bonds. The Kier molecular flexibility index (Phi) is 5.93. The molecule has 0 saturated carbocycles. The number of nitrogens with one attached hydrogen (secondary N) is 1. The van der Waals surface area contributed by atoms with Crippen LogP contribution < -0.4 is 14.4 Å². The summed E-state index contributed by atoms with van der Waals surface area (Å²) in [5.74, 6) is 0.484. The molecule has 1 aliphatic rings. The van der Waals surface area contributed by atoms with E-state index in [4.69, 9.17) is 4.74 Å². The molecule has 0 aromatic heterocycles. The predicted octanol–water partition coefficient (Wildman–Crippen LogP) is 3.37. The number of ether oxygens (including phenoxy) is 1. The van der Waals surface area contributed by atoms with Crippen LogP contribution in [0.25, 0.3) is 0 Å². The molecule has 7 heteroatoms. The van der Waals surface area contributed by atoms with Crippen LogP contribution in [0.4, 0.5) is 11.4 Å². The molecule has 2 aromatic rings. The second-order valence-electron chi connectivity index (χ2n) is 7.13. The van der Waals surface area contributed by atoms with Crippen molar-refractivity contribution in [3.8, 4) is 5.75 Å². The Hall–Kier alpha value is -2.54. The number of amides is 1. The monoisotopic (exact) mass is 402 g/mol. The van der Waals surface area contributed by atoms with Gasteiger partial charge in [0, 0.05) is 12.7 Å². The zero-order valence-corrected chi connectivity index (χ0v) is 17.3. The molecule has 0 heterocycles. The van der Waals surface area contributed by atoms with E-state index in [9.17, 15) is 13.2 Å². The van der Waals surface area contributed by atoms with E-state index in [1.807, 2.05) is 12.1 Å². The summed E-state index contributed by atoms with van der Waals surface area (Å²) in [6.45, 7) is 1.71. The van der Waals surface area contributed by atoms with Crippen LogP contribution in [0.3, 0.4) is 0 Å². The summed E-state index contributed by atoms with van der Waals surface area (Å²) in [5.41, 5.74) is 3.49. The first-order chi connectivity index (χ1) is 13.3. The van der Waals surface area contributed by atoms with Gasteiger partial charge in [-0.05, 0) is 68.0 Å². The van der Waals surface area contributed by atoms with Crippen molar-refractivity contribution in [2.75, 3.05) is 22.9 Å². The highest BCUT2D eigenvalue weighted by Gasteiger charge is 2.20. The molecule has 0 fully saturated rings. The normalized spacial score (nSPS) is 14.7. The molecule has 150 valence electrons. The maximum Gasteiger partial charge on any atom is 0.265 e. The van der Waals surface area contributed by atoms with Gasteiger partial charge < -0.3 is 10.1 Å². The van der Waals surface area contributed by atoms with Gasteiger partial charge in [-0.2, -0.15) is 0 Å². The summed E-state index contributed by atoms with van der Waals surface area (Å²) in [5, 5.41) is 2.80.